The SMILES string of the molecule is COc1ccc(S(=O)(=O)C(CCCN2C(=O)c3ccccc3C2=O)CC(=O)O)cc1OC. The average Bonchev–Trinajstić information content (AvgIpc) is 3.02. The van der Waals surface area contributed by atoms with Gasteiger partial charge in [-0.3, -0.25) is 19.3 Å². The van der Waals surface area contributed by atoms with Gasteiger partial charge in [0.1, 0.15) is 0 Å². The Morgan fingerprint density at radius 2 is 1.59 bits per heavy atom. The van der Waals surface area contributed by atoms with Crippen molar-refractivity contribution in [2.24, 2.45) is 0 Å². The number of hydrogen-bond donors (Lipinski definition) is 1. The number of ether oxygens (including phenoxy) is 2. The third-order valence-corrected chi connectivity index (χ3v) is 7.50. The van der Waals surface area contributed by atoms with Gasteiger partial charge in [-0.05, 0) is 37.1 Å². The lowest BCUT2D eigenvalue weighted by atomic mass is 10.1. The van der Waals surface area contributed by atoms with Crippen molar-refractivity contribution in [3.8, 4) is 11.5 Å². The summed E-state index contributed by atoms with van der Waals surface area (Å²) in [4.78, 5) is 37.3. The molecule has 2 amide bonds. The molecule has 1 atom stereocenters. The fourth-order valence-electron chi connectivity index (χ4n) is 3.67. The van der Waals surface area contributed by atoms with Crippen molar-refractivity contribution in [3.63, 3.8) is 0 Å². The van der Waals surface area contributed by atoms with E-state index in [1.807, 2.05) is 0 Å². The number of aliphatic carboxylic acids is 1. The maximum Gasteiger partial charge on any atom is 0.304 e. The number of fused-ring (bicyclic) bond motifs is 1. The maximum absolute atomic E-state index is 13.2. The average molecular weight is 461 g/mol. The minimum Gasteiger partial charge on any atom is -0.493 e. The van der Waals surface area contributed by atoms with Crippen LogP contribution in [0.15, 0.2) is 47.4 Å². The molecule has 0 spiro atoms. The quantitative estimate of drug-likeness (QED) is 0.535. The van der Waals surface area contributed by atoms with Gasteiger partial charge in [0.25, 0.3) is 11.8 Å². The lowest BCUT2D eigenvalue weighted by Gasteiger charge is -2.19. The summed E-state index contributed by atoms with van der Waals surface area (Å²) in [6, 6.07) is 10.5. The van der Waals surface area contributed by atoms with Gasteiger partial charge in [-0.15, -0.1) is 0 Å². The smallest absolute Gasteiger partial charge is 0.304 e. The number of imide groups is 1. The molecule has 2 aromatic carbocycles. The molecular formula is C22H23NO8S. The van der Waals surface area contributed by atoms with E-state index in [0.29, 0.717) is 16.9 Å². The molecule has 1 unspecified atom stereocenters. The molecular weight excluding hydrogens is 438 g/mol. The van der Waals surface area contributed by atoms with Crippen LogP contribution in [0.25, 0.3) is 0 Å². The third-order valence-electron chi connectivity index (χ3n) is 5.31. The number of nitrogens with zero attached hydrogens (tertiary/aromatic N) is 1. The summed E-state index contributed by atoms with van der Waals surface area (Å²) in [5.74, 6) is -1.61. The fourth-order valence-corrected chi connectivity index (χ4v) is 5.42. The Bertz CT molecular complexity index is 1120. The van der Waals surface area contributed by atoms with Crippen LogP contribution < -0.4 is 9.47 Å². The van der Waals surface area contributed by atoms with Gasteiger partial charge in [0.05, 0.1) is 41.9 Å². The Balaban J connectivity index is 1.77. The van der Waals surface area contributed by atoms with Crippen LogP contribution in [0.5, 0.6) is 11.5 Å². The molecule has 0 saturated heterocycles. The van der Waals surface area contributed by atoms with E-state index in [0.717, 1.165) is 4.90 Å². The molecule has 2 aromatic rings. The summed E-state index contributed by atoms with van der Waals surface area (Å²) < 4.78 is 36.6. The predicted octanol–water partition coefficient (Wildman–Crippen LogP) is 2.40. The lowest BCUT2D eigenvalue weighted by Crippen LogP contribution is -2.32. The zero-order chi connectivity index (χ0) is 23.5. The van der Waals surface area contributed by atoms with Crippen LogP contribution in [0.1, 0.15) is 40.0 Å². The maximum atomic E-state index is 13.2. The molecule has 1 aliphatic heterocycles. The minimum absolute atomic E-state index is 0.0100. The highest BCUT2D eigenvalue weighted by molar-refractivity contribution is 7.92. The number of sulfone groups is 1. The number of carbonyl (C=O) groups is 3. The minimum atomic E-state index is -4.03. The molecule has 0 radical (unpaired) electrons. The number of benzene rings is 2. The second kappa shape index (κ2) is 9.39. The molecule has 0 saturated carbocycles. The van der Waals surface area contributed by atoms with E-state index in [1.54, 1.807) is 24.3 Å². The number of carbonyl (C=O) groups excluding carboxylic acids is 2. The van der Waals surface area contributed by atoms with E-state index in [2.05, 4.69) is 0 Å². The van der Waals surface area contributed by atoms with E-state index >= 15 is 0 Å². The van der Waals surface area contributed by atoms with Gasteiger partial charge in [-0.1, -0.05) is 12.1 Å². The van der Waals surface area contributed by atoms with Crippen molar-refractivity contribution in [2.75, 3.05) is 20.8 Å². The molecule has 0 bridgehead atoms. The zero-order valence-electron chi connectivity index (χ0n) is 17.6. The van der Waals surface area contributed by atoms with Gasteiger partial charge in [-0.2, -0.15) is 0 Å². The van der Waals surface area contributed by atoms with E-state index in [9.17, 15) is 27.9 Å². The number of hydrogen-bond acceptors (Lipinski definition) is 7. The van der Waals surface area contributed by atoms with Gasteiger partial charge in [0.15, 0.2) is 21.3 Å². The summed E-state index contributed by atoms with van der Waals surface area (Å²) in [5, 5.41) is 8.02. The van der Waals surface area contributed by atoms with Crippen LogP contribution in [0, 0.1) is 0 Å². The lowest BCUT2D eigenvalue weighted by molar-refractivity contribution is -0.137. The number of methoxy groups -OCH3 is 2. The molecule has 0 aliphatic carbocycles. The second-order valence-corrected chi connectivity index (χ2v) is 9.46. The Hall–Kier alpha value is -3.40. The topological polar surface area (TPSA) is 127 Å². The summed E-state index contributed by atoms with van der Waals surface area (Å²) in [6.07, 6.45) is -0.523. The first-order valence-corrected chi connectivity index (χ1v) is 11.4. The summed E-state index contributed by atoms with van der Waals surface area (Å²) in [6.45, 7) is -0.0100. The predicted molar refractivity (Wildman–Crippen MR) is 114 cm³/mol. The van der Waals surface area contributed by atoms with Crippen molar-refractivity contribution >= 4 is 27.6 Å². The number of carboxylic acid groups (broad SMARTS) is 1. The Morgan fingerprint density at radius 1 is 1.00 bits per heavy atom. The molecule has 1 N–H and O–H groups in total. The van der Waals surface area contributed by atoms with Gasteiger partial charge < -0.3 is 14.6 Å². The van der Waals surface area contributed by atoms with Gasteiger partial charge >= 0.3 is 5.97 Å². The van der Waals surface area contributed by atoms with Crippen LogP contribution in [0.4, 0.5) is 0 Å². The van der Waals surface area contributed by atoms with Crippen molar-refractivity contribution in [1.29, 1.82) is 0 Å². The molecule has 3 rings (SSSR count). The number of rotatable bonds is 10. The summed E-state index contributed by atoms with van der Waals surface area (Å²) in [5.41, 5.74) is 0.607. The summed E-state index contributed by atoms with van der Waals surface area (Å²) in [7, 11) is -1.25. The number of carboxylic acids is 1. The van der Waals surface area contributed by atoms with Crippen LogP contribution in [0.3, 0.4) is 0 Å². The molecule has 0 fully saturated rings. The van der Waals surface area contributed by atoms with Crippen LogP contribution in [0.2, 0.25) is 0 Å². The van der Waals surface area contributed by atoms with Crippen LogP contribution in [-0.2, 0) is 14.6 Å². The van der Waals surface area contributed by atoms with Crippen molar-refractivity contribution < 1.29 is 37.4 Å². The van der Waals surface area contributed by atoms with Crippen molar-refractivity contribution in [3.05, 3.63) is 53.6 Å². The summed E-state index contributed by atoms with van der Waals surface area (Å²) >= 11 is 0. The third kappa shape index (κ3) is 4.45. The zero-order valence-corrected chi connectivity index (χ0v) is 18.4. The molecule has 170 valence electrons. The van der Waals surface area contributed by atoms with Crippen molar-refractivity contribution in [1.82, 2.24) is 4.90 Å². The first-order chi connectivity index (χ1) is 15.2. The van der Waals surface area contributed by atoms with E-state index < -0.39 is 39.3 Å². The highest BCUT2D eigenvalue weighted by atomic mass is 32.2. The molecule has 0 aromatic heterocycles. The Morgan fingerprint density at radius 3 is 2.12 bits per heavy atom. The Kier molecular flexibility index (Phi) is 6.83. The molecule has 32 heavy (non-hydrogen) atoms. The van der Waals surface area contributed by atoms with Crippen LogP contribution >= 0.6 is 0 Å². The van der Waals surface area contributed by atoms with E-state index in [-0.39, 0.29) is 30.0 Å². The fraction of sp³-hybridized carbons (Fsp3) is 0.318. The molecule has 1 aliphatic rings. The normalized spacial score (nSPS) is 14.2. The van der Waals surface area contributed by atoms with Crippen molar-refractivity contribution in [2.45, 2.75) is 29.4 Å². The Labute approximate surface area is 185 Å². The van der Waals surface area contributed by atoms with Gasteiger partial charge in [-0.25, -0.2) is 8.42 Å². The largest absolute Gasteiger partial charge is 0.493 e. The monoisotopic (exact) mass is 461 g/mol. The van der Waals surface area contributed by atoms with Gasteiger partial charge in [0, 0.05) is 12.6 Å². The molecule has 1 heterocycles. The second-order valence-electron chi connectivity index (χ2n) is 7.23. The molecule has 10 heteroatoms. The first kappa shape index (κ1) is 23.3. The number of amides is 2. The molecule has 9 nitrogen and oxygen atoms in total. The first-order valence-electron chi connectivity index (χ1n) is 9.83. The van der Waals surface area contributed by atoms with Crippen LogP contribution in [-0.4, -0.2) is 62.2 Å². The highest BCUT2D eigenvalue weighted by Crippen LogP contribution is 2.32. The van der Waals surface area contributed by atoms with Gasteiger partial charge in [0.2, 0.25) is 0 Å². The highest BCUT2D eigenvalue weighted by Gasteiger charge is 2.36. The van der Waals surface area contributed by atoms with E-state index in [1.165, 1.54) is 32.4 Å². The van der Waals surface area contributed by atoms with E-state index in [4.69, 9.17) is 9.47 Å². The standard InChI is InChI=1S/C22H23NO8S/c1-30-18-10-9-15(12-19(18)31-2)32(28,29)14(13-20(24)25)6-5-11-23-21(26)16-7-3-4-8-17(16)22(23)27/h3-4,7-10,12,14H,5-6,11,13H2,1-2H3,(H,24,25).